The summed E-state index contributed by atoms with van der Waals surface area (Å²) in [5.41, 5.74) is 1.59. The lowest BCUT2D eigenvalue weighted by molar-refractivity contribution is -0.120. The van der Waals surface area contributed by atoms with Gasteiger partial charge in [-0.05, 0) is 30.5 Å². The second-order valence-electron chi connectivity index (χ2n) is 5.12. The number of thiophene rings is 1. The molecule has 24 heavy (non-hydrogen) atoms. The Labute approximate surface area is 144 Å². The first-order chi connectivity index (χ1) is 11.7. The van der Waals surface area contributed by atoms with Gasteiger partial charge in [0.25, 0.3) is 0 Å². The minimum atomic E-state index is -0.119. The number of rotatable bonds is 4. The number of nitrogens with one attached hydrogen (secondary N) is 1. The molecule has 0 bridgehead atoms. The number of benzene rings is 1. The van der Waals surface area contributed by atoms with Gasteiger partial charge in [-0.2, -0.15) is 0 Å². The van der Waals surface area contributed by atoms with Crippen LogP contribution in [0.25, 0.3) is 10.8 Å². The van der Waals surface area contributed by atoms with Gasteiger partial charge in [0.05, 0.1) is 23.5 Å². The van der Waals surface area contributed by atoms with Crippen LogP contribution in [0.1, 0.15) is 17.0 Å². The summed E-state index contributed by atoms with van der Waals surface area (Å²) < 4.78 is 5.63. The third-order valence-corrected chi connectivity index (χ3v) is 4.19. The van der Waals surface area contributed by atoms with E-state index in [4.69, 9.17) is 4.42 Å². The van der Waals surface area contributed by atoms with Gasteiger partial charge in [-0.25, -0.2) is 4.98 Å². The van der Waals surface area contributed by atoms with Crippen molar-refractivity contribution in [3.63, 3.8) is 0 Å². The number of nitrogens with zero attached hydrogens (tertiary/aromatic N) is 1. The summed E-state index contributed by atoms with van der Waals surface area (Å²) in [7, 11) is 0. The van der Waals surface area contributed by atoms with Gasteiger partial charge in [0.15, 0.2) is 0 Å². The Morgan fingerprint density at radius 2 is 2.08 bits per heavy atom. The quantitative estimate of drug-likeness (QED) is 0.743. The Morgan fingerprint density at radius 1 is 1.25 bits per heavy atom. The average Bonchev–Trinajstić information content (AvgIpc) is 3.23. The highest BCUT2D eigenvalue weighted by Gasteiger charge is 2.14. The fourth-order valence-corrected chi connectivity index (χ4v) is 2.77. The largest absolute Gasteiger partial charge is 0.440 e. The van der Waals surface area contributed by atoms with Gasteiger partial charge in [0.1, 0.15) is 5.76 Å². The van der Waals surface area contributed by atoms with Gasteiger partial charge in [0.2, 0.25) is 11.8 Å². The van der Waals surface area contributed by atoms with Crippen LogP contribution in [0, 0.1) is 18.8 Å². The fourth-order valence-electron chi connectivity index (χ4n) is 2.12. The first-order valence-corrected chi connectivity index (χ1v) is 8.41. The van der Waals surface area contributed by atoms with Gasteiger partial charge in [-0.1, -0.05) is 36.1 Å². The molecule has 3 rings (SSSR count). The van der Waals surface area contributed by atoms with E-state index in [1.54, 1.807) is 11.3 Å². The summed E-state index contributed by atoms with van der Waals surface area (Å²) in [6, 6.07) is 13.6. The minimum Gasteiger partial charge on any atom is -0.440 e. The number of amides is 1. The predicted molar refractivity (Wildman–Crippen MR) is 94.6 cm³/mol. The van der Waals surface area contributed by atoms with E-state index in [1.807, 2.05) is 54.8 Å². The lowest BCUT2D eigenvalue weighted by atomic mass is 10.2. The van der Waals surface area contributed by atoms with Crippen LogP contribution < -0.4 is 5.32 Å². The molecule has 120 valence electrons. The van der Waals surface area contributed by atoms with E-state index in [2.05, 4.69) is 22.1 Å². The Kier molecular flexibility index (Phi) is 5.09. The summed E-state index contributed by atoms with van der Waals surface area (Å²) in [6.45, 7) is 2.13. The number of carbonyl (C=O) groups is 1. The maximum Gasteiger partial charge on any atom is 0.236 e. The van der Waals surface area contributed by atoms with Crippen LogP contribution in [0.5, 0.6) is 0 Å². The maximum atomic E-state index is 12.0. The molecule has 0 spiro atoms. The summed E-state index contributed by atoms with van der Waals surface area (Å²) in [5.74, 6) is 7.05. The van der Waals surface area contributed by atoms with Crippen molar-refractivity contribution in [2.45, 2.75) is 13.3 Å². The number of hydrogen-bond donors (Lipinski definition) is 1. The van der Waals surface area contributed by atoms with Crippen LogP contribution >= 0.6 is 11.3 Å². The lowest BCUT2D eigenvalue weighted by Gasteiger charge is -1.98. The SMILES string of the molecule is Cc1oc(-c2cccs2)nc1CC(=O)NCC#Cc1ccccc1. The van der Waals surface area contributed by atoms with Gasteiger partial charge in [-0.15, -0.1) is 11.3 Å². The molecule has 0 radical (unpaired) electrons. The summed E-state index contributed by atoms with van der Waals surface area (Å²) in [5, 5.41) is 4.75. The number of carbonyl (C=O) groups excluding carboxylic acids is 1. The molecule has 0 aliphatic heterocycles. The van der Waals surface area contributed by atoms with Gasteiger partial charge in [0, 0.05) is 5.56 Å². The normalized spacial score (nSPS) is 10.0. The molecular formula is C19H16N2O2S. The molecule has 3 aromatic rings. The highest BCUT2D eigenvalue weighted by molar-refractivity contribution is 7.13. The molecule has 2 heterocycles. The van der Waals surface area contributed by atoms with E-state index in [0.29, 0.717) is 23.9 Å². The molecule has 0 saturated carbocycles. The van der Waals surface area contributed by atoms with Crippen molar-refractivity contribution in [2.75, 3.05) is 6.54 Å². The topological polar surface area (TPSA) is 55.1 Å². The number of aromatic nitrogens is 1. The number of aryl methyl sites for hydroxylation is 1. The zero-order chi connectivity index (χ0) is 16.8. The molecular weight excluding hydrogens is 320 g/mol. The van der Waals surface area contributed by atoms with E-state index in [9.17, 15) is 4.79 Å². The van der Waals surface area contributed by atoms with Crippen LogP contribution in [0.3, 0.4) is 0 Å². The van der Waals surface area contributed by atoms with Crippen LogP contribution in [0.15, 0.2) is 52.3 Å². The van der Waals surface area contributed by atoms with Crippen molar-refractivity contribution in [3.8, 4) is 22.6 Å². The van der Waals surface area contributed by atoms with Gasteiger partial charge >= 0.3 is 0 Å². The first kappa shape index (κ1) is 16.0. The molecule has 0 fully saturated rings. The third kappa shape index (κ3) is 4.12. The van der Waals surface area contributed by atoms with E-state index in [1.165, 1.54) is 0 Å². The summed E-state index contributed by atoms with van der Waals surface area (Å²) >= 11 is 1.56. The third-order valence-electron chi connectivity index (χ3n) is 3.33. The molecule has 0 aliphatic carbocycles. The summed E-state index contributed by atoms with van der Waals surface area (Å²) in [6.07, 6.45) is 0.188. The second kappa shape index (κ2) is 7.62. The predicted octanol–water partition coefficient (Wildman–Crippen LogP) is 3.42. The Bertz CT molecular complexity index is 871. The number of hydrogen-bond acceptors (Lipinski definition) is 4. The van der Waals surface area contributed by atoms with Crippen molar-refractivity contribution in [3.05, 3.63) is 64.9 Å². The van der Waals surface area contributed by atoms with Crippen LogP contribution in [0.2, 0.25) is 0 Å². The van der Waals surface area contributed by atoms with Crippen molar-refractivity contribution in [1.29, 1.82) is 0 Å². The van der Waals surface area contributed by atoms with E-state index >= 15 is 0 Å². The minimum absolute atomic E-state index is 0.119. The zero-order valence-electron chi connectivity index (χ0n) is 13.2. The second-order valence-corrected chi connectivity index (χ2v) is 6.07. The highest BCUT2D eigenvalue weighted by Crippen LogP contribution is 2.25. The summed E-state index contributed by atoms with van der Waals surface area (Å²) in [4.78, 5) is 17.4. The molecule has 0 saturated heterocycles. The molecule has 1 N–H and O–H groups in total. The lowest BCUT2D eigenvalue weighted by Crippen LogP contribution is -2.25. The average molecular weight is 336 g/mol. The first-order valence-electron chi connectivity index (χ1n) is 7.53. The van der Waals surface area contributed by atoms with E-state index in [-0.39, 0.29) is 12.3 Å². The molecule has 0 aliphatic rings. The Balaban J connectivity index is 1.55. The van der Waals surface area contributed by atoms with Crippen molar-refractivity contribution in [2.24, 2.45) is 0 Å². The Hall–Kier alpha value is -2.84. The van der Waals surface area contributed by atoms with Crippen LogP contribution in [-0.4, -0.2) is 17.4 Å². The zero-order valence-corrected chi connectivity index (χ0v) is 14.0. The molecule has 0 atom stereocenters. The Morgan fingerprint density at radius 3 is 2.83 bits per heavy atom. The van der Waals surface area contributed by atoms with Crippen molar-refractivity contribution in [1.82, 2.24) is 10.3 Å². The maximum absolute atomic E-state index is 12.0. The molecule has 4 nitrogen and oxygen atoms in total. The van der Waals surface area contributed by atoms with Crippen molar-refractivity contribution >= 4 is 17.2 Å². The van der Waals surface area contributed by atoms with Gasteiger partial charge < -0.3 is 9.73 Å². The molecule has 0 unspecified atom stereocenters. The smallest absolute Gasteiger partial charge is 0.236 e. The van der Waals surface area contributed by atoms with Crippen molar-refractivity contribution < 1.29 is 9.21 Å². The van der Waals surface area contributed by atoms with E-state index in [0.717, 1.165) is 10.4 Å². The highest BCUT2D eigenvalue weighted by atomic mass is 32.1. The molecule has 1 aromatic carbocycles. The van der Waals surface area contributed by atoms with E-state index < -0.39 is 0 Å². The van der Waals surface area contributed by atoms with Crippen LogP contribution in [-0.2, 0) is 11.2 Å². The molecule has 2 aromatic heterocycles. The molecule has 5 heteroatoms. The molecule has 1 amide bonds. The monoisotopic (exact) mass is 336 g/mol. The van der Waals surface area contributed by atoms with Crippen LogP contribution in [0.4, 0.5) is 0 Å². The number of oxazole rings is 1. The fraction of sp³-hybridized carbons (Fsp3) is 0.158. The standard InChI is InChI=1S/C19H16N2O2S/c1-14-16(21-19(23-14)17-10-6-12-24-17)13-18(22)20-11-5-9-15-7-3-2-4-8-15/h2-4,6-8,10,12H,11,13H2,1H3,(H,20,22). The van der Waals surface area contributed by atoms with Gasteiger partial charge in [-0.3, -0.25) is 4.79 Å².